The number of carboxylic acids is 3. The van der Waals surface area contributed by atoms with Gasteiger partial charge in [-0.3, -0.25) is 0 Å². The molecule has 3 N–H and O–H groups in total. The van der Waals surface area contributed by atoms with Crippen LogP contribution in [0.3, 0.4) is 0 Å². The topological polar surface area (TPSA) is 140 Å². The molecule has 0 radical (unpaired) electrons. The fraction of sp³-hybridized carbons (Fsp3) is 0.300. The summed E-state index contributed by atoms with van der Waals surface area (Å²) in [6, 6.07) is 19.9. The molecule has 0 amide bonds. The largest absolute Gasteiger partial charge is 0.480 e. The van der Waals surface area contributed by atoms with Gasteiger partial charge in [-0.15, -0.1) is 0 Å². The van der Waals surface area contributed by atoms with Crippen molar-refractivity contribution in [1.29, 1.82) is 0 Å². The van der Waals surface area contributed by atoms with Gasteiger partial charge in [-0.25, -0.2) is 23.2 Å². The Morgan fingerprint density at radius 2 is 1.10 bits per heavy atom. The Morgan fingerprint density at radius 3 is 1.57 bits per heavy atom. The van der Waals surface area contributed by atoms with E-state index >= 15 is 0 Å². The number of hydrogen-bond donors (Lipinski definition) is 3. The van der Waals surface area contributed by atoms with Crippen LogP contribution < -0.4 is 0 Å². The molecule has 3 rings (SSSR count). The Hall–Kier alpha value is -3.90. The van der Waals surface area contributed by atoms with E-state index in [2.05, 4.69) is 0 Å². The Kier molecular flexibility index (Phi) is 18.7. The molecule has 228 valence electrons. The van der Waals surface area contributed by atoms with E-state index in [-0.39, 0.29) is 44.7 Å². The van der Waals surface area contributed by atoms with E-state index in [1.165, 1.54) is 18.2 Å². The Labute approximate surface area is 247 Å². The van der Waals surface area contributed by atoms with E-state index in [0.29, 0.717) is 36.5 Å². The number of benzene rings is 3. The minimum absolute atomic E-state index is 0.216. The third-order valence-corrected chi connectivity index (χ3v) is 5.23. The lowest BCUT2D eigenvalue weighted by Crippen LogP contribution is -2.09. The molecule has 0 spiro atoms. The van der Waals surface area contributed by atoms with Gasteiger partial charge in [0.05, 0.1) is 19.8 Å². The monoisotopic (exact) mass is 610 g/mol. The van der Waals surface area contributed by atoms with Crippen molar-refractivity contribution in [3.8, 4) is 0 Å². The molecule has 0 saturated heterocycles. The predicted octanol–water partition coefficient (Wildman–Crippen LogP) is 4.92. The highest BCUT2D eigenvalue weighted by Crippen LogP contribution is 2.11. The summed E-state index contributed by atoms with van der Waals surface area (Å²) in [5.74, 6) is -3.54. The number of halogens is 3. The number of ether oxygens (including phenoxy) is 3. The van der Waals surface area contributed by atoms with Crippen molar-refractivity contribution in [2.45, 2.75) is 19.3 Å². The van der Waals surface area contributed by atoms with Crippen LogP contribution in [-0.4, -0.2) is 72.9 Å². The third kappa shape index (κ3) is 19.2. The van der Waals surface area contributed by atoms with Crippen LogP contribution >= 0.6 is 11.6 Å². The second-order valence-corrected chi connectivity index (χ2v) is 8.88. The first-order valence-corrected chi connectivity index (χ1v) is 13.1. The van der Waals surface area contributed by atoms with Crippen molar-refractivity contribution in [2.24, 2.45) is 0 Å². The summed E-state index contributed by atoms with van der Waals surface area (Å²) in [7, 11) is 0. The maximum absolute atomic E-state index is 13.0. The van der Waals surface area contributed by atoms with E-state index in [1.807, 2.05) is 18.2 Å². The summed E-state index contributed by atoms with van der Waals surface area (Å²) in [5, 5.41) is 25.5. The second kappa shape index (κ2) is 21.8. The first kappa shape index (κ1) is 36.1. The van der Waals surface area contributed by atoms with Gasteiger partial charge < -0.3 is 29.5 Å². The maximum Gasteiger partial charge on any atom is 0.329 e. The Balaban J connectivity index is 0.000000315. The van der Waals surface area contributed by atoms with Gasteiger partial charge in [0, 0.05) is 5.02 Å². The molecule has 0 unspecified atom stereocenters. The highest BCUT2D eigenvalue weighted by atomic mass is 35.5. The van der Waals surface area contributed by atoms with Crippen LogP contribution in [0.5, 0.6) is 0 Å². The molecule has 0 atom stereocenters. The van der Waals surface area contributed by atoms with Gasteiger partial charge in [-0.1, -0.05) is 54.1 Å². The van der Waals surface area contributed by atoms with E-state index in [0.717, 1.165) is 11.1 Å². The quantitative estimate of drug-likeness (QED) is 0.205. The van der Waals surface area contributed by atoms with Crippen LogP contribution in [-0.2, 0) is 47.9 Å². The average Bonchev–Trinajstić information content (AvgIpc) is 2.93. The molecule has 3 aromatic rings. The second-order valence-electron chi connectivity index (χ2n) is 8.44. The number of carboxylic acid groups (broad SMARTS) is 3. The van der Waals surface area contributed by atoms with Crippen molar-refractivity contribution >= 4 is 29.5 Å². The van der Waals surface area contributed by atoms with Gasteiger partial charge in [0.15, 0.2) is 0 Å². The first-order chi connectivity index (χ1) is 20.1. The van der Waals surface area contributed by atoms with Crippen molar-refractivity contribution in [2.75, 3.05) is 39.6 Å². The standard InChI is InChI=1S/C10H11ClO3.2C10H11FO3/c2*11-9-3-1-2-8(6-9)4-5-14-7-10(12)13;11-9-4-2-1-3-8(9)5-6-14-7-10(12)13/h2*1-3,6H,4-5,7H2,(H,12,13);1-4H,5-7H2,(H,12,13). The van der Waals surface area contributed by atoms with Gasteiger partial charge >= 0.3 is 17.9 Å². The molecule has 0 aliphatic heterocycles. The molecule has 12 heteroatoms. The highest BCUT2D eigenvalue weighted by Gasteiger charge is 2.02. The molecule has 0 bridgehead atoms. The maximum atomic E-state index is 13.0. The van der Waals surface area contributed by atoms with Crippen molar-refractivity contribution < 1.29 is 52.7 Å². The Morgan fingerprint density at radius 1 is 0.619 bits per heavy atom. The zero-order valence-corrected chi connectivity index (χ0v) is 23.5. The molecule has 0 aromatic heterocycles. The van der Waals surface area contributed by atoms with Crippen molar-refractivity contribution in [3.05, 3.63) is 106 Å². The number of hydrogen-bond acceptors (Lipinski definition) is 6. The number of carbonyl (C=O) groups is 3. The summed E-state index contributed by atoms with van der Waals surface area (Å²) in [5.41, 5.74) is 2.39. The fourth-order valence-corrected chi connectivity index (χ4v) is 3.34. The van der Waals surface area contributed by atoms with Gasteiger partial charge in [0.1, 0.15) is 31.5 Å². The molecular weight excluding hydrogens is 578 g/mol. The summed E-state index contributed by atoms with van der Waals surface area (Å²) in [6.45, 7) is -0.0000368. The van der Waals surface area contributed by atoms with Gasteiger partial charge in [-0.05, 0) is 66.3 Å². The summed E-state index contributed by atoms with van der Waals surface area (Å²) < 4.78 is 40.2. The minimum atomic E-state index is -1.02. The minimum Gasteiger partial charge on any atom is -0.480 e. The Bertz CT molecular complexity index is 1180. The average molecular weight is 611 g/mol. The molecule has 3 aromatic carbocycles. The summed E-state index contributed by atoms with van der Waals surface area (Å²) in [4.78, 5) is 30.3. The first-order valence-electron chi connectivity index (χ1n) is 12.7. The van der Waals surface area contributed by atoms with Crippen LogP contribution in [0.15, 0.2) is 72.8 Å². The highest BCUT2D eigenvalue weighted by molar-refractivity contribution is 6.30. The van der Waals surface area contributed by atoms with Gasteiger partial charge in [-0.2, -0.15) is 0 Å². The van der Waals surface area contributed by atoms with Crippen molar-refractivity contribution in [1.82, 2.24) is 0 Å². The molecule has 0 aliphatic rings. The lowest BCUT2D eigenvalue weighted by atomic mass is 10.1. The SMILES string of the molecule is O=C(O)COCCc1cccc(Cl)c1.O=C(O)COCCc1cccc(F)c1.O=C(O)COCCc1ccccc1F. The zero-order chi connectivity index (χ0) is 31.2. The molecule has 0 fully saturated rings. The number of aliphatic carboxylic acids is 3. The predicted molar refractivity (Wildman–Crippen MR) is 151 cm³/mol. The van der Waals surface area contributed by atoms with E-state index in [1.54, 1.807) is 36.4 Å². The van der Waals surface area contributed by atoms with Gasteiger partial charge in [0.2, 0.25) is 0 Å². The summed E-state index contributed by atoms with van der Waals surface area (Å²) >= 11 is 5.77. The number of rotatable bonds is 15. The smallest absolute Gasteiger partial charge is 0.329 e. The van der Waals surface area contributed by atoms with E-state index < -0.39 is 17.9 Å². The lowest BCUT2D eigenvalue weighted by molar-refractivity contribution is -0.143. The van der Waals surface area contributed by atoms with Crippen LogP contribution in [0.1, 0.15) is 16.7 Å². The van der Waals surface area contributed by atoms with Crippen LogP contribution in [0, 0.1) is 11.6 Å². The molecule has 0 aliphatic carbocycles. The third-order valence-electron chi connectivity index (χ3n) is 5.00. The molecule has 42 heavy (non-hydrogen) atoms. The van der Waals surface area contributed by atoms with Crippen LogP contribution in [0.25, 0.3) is 0 Å². The van der Waals surface area contributed by atoms with Gasteiger partial charge in [0.25, 0.3) is 0 Å². The molecule has 0 heterocycles. The zero-order valence-electron chi connectivity index (χ0n) is 22.7. The molecular formula is C30H33ClF2O9. The summed E-state index contributed by atoms with van der Waals surface area (Å²) in [6.07, 6.45) is 1.58. The molecule has 0 saturated carbocycles. The normalized spacial score (nSPS) is 10.1. The van der Waals surface area contributed by atoms with Crippen LogP contribution in [0.2, 0.25) is 5.02 Å². The van der Waals surface area contributed by atoms with E-state index in [4.69, 9.17) is 41.1 Å². The fourth-order valence-electron chi connectivity index (χ4n) is 3.13. The van der Waals surface area contributed by atoms with Crippen LogP contribution in [0.4, 0.5) is 8.78 Å². The molecule has 9 nitrogen and oxygen atoms in total. The lowest BCUT2D eigenvalue weighted by Gasteiger charge is -2.02. The van der Waals surface area contributed by atoms with E-state index in [9.17, 15) is 23.2 Å². The van der Waals surface area contributed by atoms with Crippen molar-refractivity contribution in [3.63, 3.8) is 0 Å².